The van der Waals surface area contributed by atoms with Crippen LogP contribution in [0, 0.1) is 5.82 Å². The number of ether oxygens (including phenoxy) is 1. The molecule has 0 spiro atoms. The molecule has 164 valence electrons. The van der Waals surface area contributed by atoms with Crippen molar-refractivity contribution in [3.05, 3.63) is 65.0 Å². The second-order valence-electron chi connectivity index (χ2n) is 6.46. The molecule has 2 rings (SSSR count). The van der Waals surface area contributed by atoms with Gasteiger partial charge < -0.3 is 20.7 Å². The third kappa shape index (κ3) is 7.55. The summed E-state index contributed by atoms with van der Waals surface area (Å²) in [6.07, 6.45) is -4.63. The number of guanidine groups is 1. The summed E-state index contributed by atoms with van der Waals surface area (Å²) in [4.78, 5) is 4.41. The first-order chi connectivity index (χ1) is 14.3. The topological polar surface area (TPSA) is 57.7 Å². The molecule has 9 heteroatoms. The first kappa shape index (κ1) is 23.5. The van der Waals surface area contributed by atoms with Gasteiger partial charge in [-0.1, -0.05) is 18.2 Å². The molecule has 0 aliphatic rings. The van der Waals surface area contributed by atoms with Crippen LogP contribution in [0.5, 0.6) is 0 Å². The van der Waals surface area contributed by atoms with Crippen LogP contribution in [0.4, 0.5) is 23.2 Å². The Hall–Kier alpha value is -2.81. The van der Waals surface area contributed by atoms with Gasteiger partial charge in [0, 0.05) is 32.4 Å². The number of anilines is 1. The molecule has 0 atom stereocenters. The molecule has 5 nitrogen and oxygen atoms in total. The summed E-state index contributed by atoms with van der Waals surface area (Å²) in [5, 5.41) is 9.08. The number of nitrogens with one attached hydrogen (secondary N) is 3. The highest BCUT2D eigenvalue weighted by Gasteiger charge is 2.33. The van der Waals surface area contributed by atoms with E-state index >= 15 is 0 Å². The Morgan fingerprint density at radius 3 is 2.43 bits per heavy atom. The second kappa shape index (κ2) is 11.4. The zero-order valence-electron chi connectivity index (χ0n) is 16.9. The minimum atomic E-state index is -4.63. The maximum atomic E-state index is 13.3. The quantitative estimate of drug-likeness (QED) is 0.244. The van der Waals surface area contributed by atoms with E-state index in [-0.39, 0.29) is 12.1 Å². The Morgan fingerprint density at radius 1 is 1.07 bits per heavy atom. The summed E-state index contributed by atoms with van der Waals surface area (Å²) < 4.78 is 57.7. The van der Waals surface area contributed by atoms with Crippen LogP contribution in [-0.2, 0) is 24.0 Å². The van der Waals surface area contributed by atoms with Gasteiger partial charge in [0.05, 0.1) is 18.7 Å². The minimum absolute atomic E-state index is 0.0546. The number of rotatable bonds is 9. The monoisotopic (exact) mass is 426 g/mol. The summed E-state index contributed by atoms with van der Waals surface area (Å²) in [6, 6.07) is 10.3. The predicted octanol–water partition coefficient (Wildman–Crippen LogP) is 4.16. The van der Waals surface area contributed by atoms with Gasteiger partial charge in [-0.25, -0.2) is 9.38 Å². The normalized spacial score (nSPS) is 12.0. The third-order valence-electron chi connectivity index (χ3n) is 4.18. The van der Waals surface area contributed by atoms with E-state index in [0.29, 0.717) is 38.3 Å². The molecular weight excluding hydrogens is 400 g/mol. The molecule has 3 N–H and O–H groups in total. The molecule has 0 aliphatic heterocycles. The highest BCUT2D eigenvalue weighted by atomic mass is 19.4. The van der Waals surface area contributed by atoms with Crippen molar-refractivity contribution in [3.63, 3.8) is 0 Å². The summed E-state index contributed by atoms with van der Waals surface area (Å²) >= 11 is 0. The molecule has 2 aromatic rings. The highest BCUT2D eigenvalue weighted by Crippen LogP contribution is 2.32. The molecule has 0 bridgehead atoms. The van der Waals surface area contributed by atoms with Crippen molar-refractivity contribution in [2.45, 2.75) is 26.2 Å². The SMILES string of the molecule is CCNC(=NCc1ccc(NCCOC)cc1)NCc1ccc(F)cc1C(F)(F)F. The van der Waals surface area contributed by atoms with Gasteiger partial charge in [-0.3, -0.25) is 0 Å². The number of methoxy groups -OCH3 is 1. The number of benzene rings is 2. The number of hydrogen-bond donors (Lipinski definition) is 3. The van der Waals surface area contributed by atoms with Gasteiger partial charge in [0.2, 0.25) is 0 Å². The number of nitrogens with zero attached hydrogens (tertiary/aromatic N) is 1. The van der Waals surface area contributed by atoms with E-state index < -0.39 is 17.6 Å². The van der Waals surface area contributed by atoms with Crippen LogP contribution in [-0.4, -0.2) is 32.8 Å². The van der Waals surface area contributed by atoms with Crippen LogP contribution in [0.15, 0.2) is 47.5 Å². The number of halogens is 4. The molecule has 0 aromatic heterocycles. The van der Waals surface area contributed by atoms with E-state index in [9.17, 15) is 17.6 Å². The first-order valence-corrected chi connectivity index (χ1v) is 9.53. The van der Waals surface area contributed by atoms with Crippen LogP contribution < -0.4 is 16.0 Å². The average Bonchev–Trinajstić information content (AvgIpc) is 2.71. The van der Waals surface area contributed by atoms with Crippen LogP contribution >= 0.6 is 0 Å². The van der Waals surface area contributed by atoms with Crippen molar-refractivity contribution >= 4 is 11.6 Å². The standard InChI is InChI=1S/C21H26F4N4O/c1-3-26-20(28-13-15-4-8-18(9-5-15)27-10-11-30-2)29-14-16-6-7-17(22)12-19(16)21(23,24)25/h4-9,12,27H,3,10-11,13-14H2,1-2H3,(H2,26,28,29). The Balaban J connectivity index is 2.02. The lowest BCUT2D eigenvalue weighted by Gasteiger charge is -2.16. The average molecular weight is 426 g/mol. The van der Waals surface area contributed by atoms with Gasteiger partial charge in [-0.15, -0.1) is 0 Å². The molecule has 0 heterocycles. The van der Waals surface area contributed by atoms with E-state index in [0.717, 1.165) is 23.4 Å². The summed E-state index contributed by atoms with van der Waals surface area (Å²) in [5.74, 6) is -0.552. The molecule has 0 radical (unpaired) electrons. The predicted molar refractivity (Wildman–Crippen MR) is 110 cm³/mol. The molecule has 0 saturated carbocycles. The van der Waals surface area contributed by atoms with Crippen molar-refractivity contribution in [2.24, 2.45) is 4.99 Å². The number of hydrogen-bond acceptors (Lipinski definition) is 3. The lowest BCUT2D eigenvalue weighted by molar-refractivity contribution is -0.138. The van der Waals surface area contributed by atoms with Gasteiger partial charge in [-0.05, 0) is 42.3 Å². The molecule has 2 aromatic carbocycles. The van der Waals surface area contributed by atoms with Gasteiger partial charge in [-0.2, -0.15) is 13.2 Å². The lowest BCUT2D eigenvalue weighted by atomic mass is 10.1. The Kier molecular flexibility index (Phi) is 8.91. The molecule has 0 unspecified atom stereocenters. The summed E-state index contributed by atoms with van der Waals surface area (Å²) in [6.45, 7) is 3.92. The third-order valence-corrected chi connectivity index (χ3v) is 4.18. The summed E-state index contributed by atoms with van der Waals surface area (Å²) in [5.41, 5.74) is 0.853. The van der Waals surface area contributed by atoms with Crippen molar-refractivity contribution in [2.75, 3.05) is 32.1 Å². The largest absolute Gasteiger partial charge is 0.416 e. The number of alkyl halides is 3. The maximum absolute atomic E-state index is 13.3. The van der Waals surface area contributed by atoms with Crippen molar-refractivity contribution in [1.29, 1.82) is 0 Å². The molecule has 0 amide bonds. The Labute approximate surface area is 173 Å². The van der Waals surface area contributed by atoms with Crippen LogP contribution in [0.2, 0.25) is 0 Å². The van der Waals surface area contributed by atoms with Crippen LogP contribution in [0.1, 0.15) is 23.6 Å². The van der Waals surface area contributed by atoms with E-state index in [2.05, 4.69) is 20.9 Å². The van der Waals surface area contributed by atoms with E-state index in [4.69, 9.17) is 4.74 Å². The molecule has 0 aliphatic carbocycles. The van der Waals surface area contributed by atoms with Crippen LogP contribution in [0.3, 0.4) is 0 Å². The Morgan fingerprint density at radius 2 is 1.80 bits per heavy atom. The van der Waals surface area contributed by atoms with E-state index in [1.54, 1.807) is 7.11 Å². The van der Waals surface area contributed by atoms with Gasteiger partial charge in [0.15, 0.2) is 5.96 Å². The molecule has 30 heavy (non-hydrogen) atoms. The molecule has 0 fully saturated rings. The maximum Gasteiger partial charge on any atom is 0.416 e. The van der Waals surface area contributed by atoms with Gasteiger partial charge in [0.25, 0.3) is 0 Å². The first-order valence-electron chi connectivity index (χ1n) is 9.53. The molecule has 0 saturated heterocycles. The van der Waals surface area contributed by atoms with E-state index in [1.165, 1.54) is 0 Å². The fraction of sp³-hybridized carbons (Fsp3) is 0.381. The fourth-order valence-electron chi connectivity index (χ4n) is 2.68. The minimum Gasteiger partial charge on any atom is -0.383 e. The molecular formula is C21H26F4N4O. The summed E-state index contributed by atoms with van der Waals surface area (Å²) in [7, 11) is 1.64. The highest BCUT2D eigenvalue weighted by molar-refractivity contribution is 5.79. The van der Waals surface area contributed by atoms with E-state index in [1.807, 2.05) is 31.2 Å². The van der Waals surface area contributed by atoms with Gasteiger partial charge >= 0.3 is 6.18 Å². The fourth-order valence-corrected chi connectivity index (χ4v) is 2.68. The second-order valence-corrected chi connectivity index (χ2v) is 6.46. The number of aliphatic imine (C=N–C) groups is 1. The van der Waals surface area contributed by atoms with Crippen molar-refractivity contribution in [1.82, 2.24) is 10.6 Å². The smallest absolute Gasteiger partial charge is 0.383 e. The zero-order chi connectivity index (χ0) is 22.0. The van der Waals surface area contributed by atoms with Crippen molar-refractivity contribution < 1.29 is 22.3 Å². The van der Waals surface area contributed by atoms with Crippen LogP contribution in [0.25, 0.3) is 0 Å². The Bertz CT molecular complexity index is 823. The van der Waals surface area contributed by atoms with Gasteiger partial charge in [0.1, 0.15) is 5.82 Å². The van der Waals surface area contributed by atoms with Crippen molar-refractivity contribution in [3.8, 4) is 0 Å². The lowest BCUT2D eigenvalue weighted by Crippen LogP contribution is -2.37. The zero-order valence-corrected chi connectivity index (χ0v) is 16.9.